The van der Waals surface area contributed by atoms with Crippen LogP contribution in [0.2, 0.25) is 0 Å². The highest BCUT2D eigenvalue weighted by Crippen LogP contribution is 2.33. The van der Waals surface area contributed by atoms with Gasteiger partial charge in [-0.25, -0.2) is 0 Å². The predicted molar refractivity (Wildman–Crippen MR) is 107 cm³/mol. The molecule has 1 aliphatic carbocycles. The lowest BCUT2D eigenvalue weighted by Gasteiger charge is -2.54. The van der Waals surface area contributed by atoms with E-state index in [1.54, 1.807) is 16.7 Å². The highest BCUT2D eigenvalue weighted by atomic mass is 19.4. The van der Waals surface area contributed by atoms with Crippen LogP contribution >= 0.6 is 0 Å². The lowest BCUT2D eigenvalue weighted by Crippen LogP contribution is -2.71. The van der Waals surface area contributed by atoms with Gasteiger partial charge in [0.15, 0.2) is 0 Å². The van der Waals surface area contributed by atoms with Gasteiger partial charge in [0.25, 0.3) is 5.91 Å². The van der Waals surface area contributed by atoms with Crippen molar-refractivity contribution < 1.29 is 27.9 Å². The average molecular weight is 439 g/mol. The molecule has 2 saturated heterocycles. The van der Waals surface area contributed by atoms with Crippen molar-refractivity contribution in [3.63, 3.8) is 0 Å². The Hall–Kier alpha value is -2.13. The van der Waals surface area contributed by atoms with Crippen LogP contribution in [-0.2, 0) is 11.0 Å². The fourth-order valence-corrected chi connectivity index (χ4v) is 4.82. The third kappa shape index (κ3) is 4.30. The second kappa shape index (κ2) is 8.43. The summed E-state index contributed by atoms with van der Waals surface area (Å²) in [5.74, 6) is 0.142. The maximum Gasteiger partial charge on any atom is 0.416 e. The molecule has 9 heteroatoms. The van der Waals surface area contributed by atoms with Crippen LogP contribution in [-0.4, -0.2) is 69.7 Å². The fraction of sp³-hybridized carbons (Fsp3) is 0.636. The minimum absolute atomic E-state index is 0.119. The molecule has 1 aromatic carbocycles. The van der Waals surface area contributed by atoms with Gasteiger partial charge in [0.05, 0.1) is 11.6 Å². The quantitative estimate of drug-likeness (QED) is 0.784. The van der Waals surface area contributed by atoms with Crippen molar-refractivity contribution >= 4 is 11.8 Å². The number of benzene rings is 1. The molecule has 0 radical (unpaired) electrons. The van der Waals surface area contributed by atoms with Crippen LogP contribution in [0.4, 0.5) is 13.2 Å². The second-order valence-electron chi connectivity index (χ2n) is 8.84. The molecule has 0 bridgehead atoms. The molecule has 31 heavy (non-hydrogen) atoms. The van der Waals surface area contributed by atoms with Crippen LogP contribution in [0, 0.1) is 5.92 Å². The maximum atomic E-state index is 13.2. The van der Waals surface area contributed by atoms with Crippen molar-refractivity contribution in [3.8, 4) is 0 Å². The number of halogens is 3. The molecule has 2 heterocycles. The number of piperazine rings is 1. The Labute approximate surface area is 179 Å². The summed E-state index contributed by atoms with van der Waals surface area (Å²) in [6.45, 7) is 3.00. The summed E-state index contributed by atoms with van der Waals surface area (Å²) in [7, 11) is 0. The normalized spacial score (nSPS) is 27.8. The number of amides is 2. The van der Waals surface area contributed by atoms with Crippen LogP contribution in [0.25, 0.3) is 0 Å². The Bertz CT molecular complexity index is 826. The van der Waals surface area contributed by atoms with E-state index in [4.69, 9.17) is 0 Å². The van der Waals surface area contributed by atoms with Gasteiger partial charge in [0.2, 0.25) is 5.91 Å². The van der Waals surface area contributed by atoms with Crippen molar-refractivity contribution in [2.24, 2.45) is 5.92 Å². The summed E-state index contributed by atoms with van der Waals surface area (Å²) < 4.78 is 38.6. The van der Waals surface area contributed by atoms with E-state index in [2.05, 4.69) is 0 Å². The number of hydrogen-bond acceptors (Lipinski definition) is 4. The first kappa shape index (κ1) is 22.1. The predicted octanol–water partition coefficient (Wildman–Crippen LogP) is 2.92. The summed E-state index contributed by atoms with van der Waals surface area (Å²) in [5, 5.41) is 10.8. The van der Waals surface area contributed by atoms with Gasteiger partial charge in [-0.15, -0.1) is 0 Å². The van der Waals surface area contributed by atoms with Crippen LogP contribution < -0.4 is 0 Å². The van der Waals surface area contributed by atoms with E-state index in [9.17, 15) is 27.9 Å². The van der Waals surface area contributed by atoms with E-state index in [0.717, 1.165) is 18.6 Å². The first-order chi connectivity index (χ1) is 14.7. The smallest absolute Gasteiger partial charge is 0.376 e. The summed E-state index contributed by atoms with van der Waals surface area (Å²) in [6, 6.07) is 3.69. The zero-order chi connectivity index (χ0) is 22.3. The number of alkyl halides is 3. The Morgan fingerprint density at radius 1 is 1.19 bits per heavy atom. The number of hydrogen-bond donors (Lipinski definition) is 1. The second-order valence-corrected chi connectivity index (χ2v) is 8.84. The van der Waals surface area contributed by atoms with Crippen LogP contribution in [0.3, 0.4) is 0 Å². The monoisotopic (exact) mass is 439 g/mol. The van der Waals surface area contributed by atoms with E-state index >= 15 is 0 Å². The number of nitrogens with zero attached hydrogens (tertiary/aromatic N) is 3. The Morgan fingerprint density at radius 3 is 2.45 bits per heavy atom. The number of fused-ring (bicyclic) bond motifs is 1. The van der Waals surface area contributed by atoms with Gasteiger partial charge in [-0.1, -0.05) is 19.3 Å². The molecule has 170 valence electrons. The Kier molecular flexibility index (Phi) is 6.00. The van der Waals surface area contributed by atoms with E-state index in [1.165, 1.54) is 31.4 Å². The van der Waals surface area contributed by atoms with E-state index < -0.39 is 36.1 Å². The minimum atomic E-state index is -4.47. The zero-order valence-electron chi connectivity index (χ0n) is 17.5. The molecule has 0 aromatic heterocycles. The van der Waals surface area contributed by atoms with Crippen molar-refractivity contribution in [2.75, 3.05) is 19.6 Å². The van der Waals surface area contributed by atoms with Crippen molar-refractivity contribution in [2.45, 2.75) is 63.6 Å². The Balaban J connectivity index is 1.53. The molecule has 1 N–H and O–H groups in total. The lowest BCUT2D eigenvalue weighted by atomic mass is 9.83. The van der Waals surface area contributed by atoms with Crippen LogP contribution in [0.15, 0.2) is 24.3 Å². The van der Waals surface area contributed by atoms with E-state index in [0.29, 0.717) is 19.0 Å². The van der Waals surface area contributed by atoms with Gasteiger partial charge >= 0.3 is 6.18 Å². The number of aliphatic hydroxyl groups is 1. The van der Waals surface area contributed by atoms with Crippen LogP contribution in [0.5, 0.6) is 0 Å². The Morgan fingerprint density at radius 2 is 1.87 bits per heavy atom. The summed E-state index contributed by atoms with van der Waals surface area (Å²) in [5.41, 5.74) is -0.654. The molecule has 0 spiro atoms. The molecular formula is C22H28F3N3O3. The van der Waals surface area contributed by atoms with Crippen molar-refractivity contribution in [3.05, 3.63) is 35.4 Å². The fourth-order valence-electron chi connectivity index (χ4n) is 4.82. The minimum Gasteiger partial charge on any atom is -0.376 e. The molecule has 1 aromatic rings. The zero-order valence-corrected chi connectivity index (χ0v) is 17.5. The summed E-state index contributed by atoms with van der Waals surface area (Å²) >= 11 is 0. The first-order valence-electron chi connectivity index (χ1n) is 10.9. The third-order valence-corrected chi connectivity index (χ3v) is 6.95. The van der Waals surface area contributed by atoms with Gasteiger partial charge in [-0.05, 0) is 43.5 Å². The summed E-state index contributed by atoms with van der Waals surface area (Å²) in [6.07, 6.45) is -1.08. The number of aliphatic hydroxyl groups excluding tert-OH is 1. The highest BCUT2D eigenvalue weighted by molar-refractivity contribution is 5.95. The third-order valence-electron chi connectivity index (χ3n) is 6.95. The molecule has 2 aliphatic heterocycles. The SMILES string of the molecule is CC1C(O)N(CCC2CCC2)CC2N(C(=O)c3ccc(C(F)(F)F)cc3)CCC(=O)N12. The molecule has 3 atom stereocenters. The molecule has 3 fully saturated rings. The highest BCUT2D eigenvalue weighted by Gasteiger charge is 2.47. The standard InChI is InChI=1S/C22H28F3N3O3/c1-14-20(30)26(11-9-15-3-2-4-15)13-18-27(12-10-19(29)28(14)18)21(31)16-5-7-17(8-6-16)22(23,24)25/h5-8,14-15,18,20,30H,2-4,9-13H2,1H3. The van der Waals surface area contributed by atoms with E-state index in [-0.39, 0.29) is 24.4 Å². The van der Waals surface area contributed by atoms with Gasteiger partial charge in [-0.2, -0.15) is 13.2 Å². The number of carbonyl (C=O) groups excluding carboxylic acids is 2. The molecule has 6 nitrogen and oxygen atoms in total. The van der Waals surface area contributed by atoms with Gasteiger partial charge < -0.3 is 14.9 Å². The molecule has 3 aliphatic rings. The molecule has 4 rings (SSSR count). The number of rotatable bonds is 4. The average Bonchev–Trinajstić information content (AvgIpc) is 2.69. The molecule has 2 amide bonds. The maximum absolute atomic E-state index is 13.2. The lowest BCUT2D eigenvalue weighted by molar-refractivity contribution is -0.177. The van der Waals surface area contributed by atoms with Crippen LogP contribution in [0.1, 0.15) is 54.9 Å². The molecule has 1 saturated carbocycles. The topological polar surface area (TPSA) is 64.1 Å². The van der Waals surface area contributed by atoms with Gasteiger partial charge in [0.1, 0.15) is 12.4 Å². The first-order valence-corrected chi connectivity index (χ1v) is 10.9. The molecule has 3 unspecified atom stereocenters. The van der Waals surface area contributed by atoms with Gasteiger partial charge in [-0.3, -0.25) is 14.5 Å². The van der Waals surface area contributed by atoms with Gasteiger partial charge in [0, 0.05) is 31.6 Å². The van der Waals surface area contributed by atoms with Crippen molar-refractivity contribution in [1.82, 2.24) is 14.7 Å². The number of carbonyl (C=O) groups is 2. The largest absolute Gasteiger partial charge is 0.416 e. The summed E-state index contributed by atoms with van der Waals surface area (Å²) in [4.78, 5) is 30.8. The van der Waals surface area contributed by atoms with Crippen molar-refractivity contribution in [1.29, 1.82) is 0 Å². The van der Waals surface area contributed by atoms with E-state index in [1.807, 2.05) is 4.90 Å². The molecular weight excluding hydrogens is 411 g/mol.